The second-order valence-corrected chi connectivity index (χ2v) is 6.30. The predicted octanol–water partition coefficient (Wildman–Crippen LogP) is 4.03. The second-order valence-electron chi connectivity index (χ2n) is 4.53. The molecule has 5 nitrogen and oxygen atoms in total. The van der Waals surface area contributed by atoms with Crippen molar-refractivity contribution in [2.45, 2.75) is 13.8 Å². The van der Waals surface area contributed by atoms with Crippen molar-refractivity contribution in [2.75, 3.05) is 6.61 Å². The van der Waals surface area contributed by atoms with Gasteiger partial charge < -0.3 is 9.15 Å². The number of carbonyl (C=O) groups excluding carboxylic acids is 1. The Morgan fingerprint density at radius 3 is 2.82 bits per heavy atom. The van der Waals surface area contributed by atoms with E-state index in [0.717, 1.165) is 14.5 Å². The van der Waals surface area contributed by atoms with Gasteiger partial charge in [0.05, 0.1) is 10.7 Å². The predicted molar refractivity (Wildman–Crippen MR) is 91.1 cm³/mol. The molecule has 0 aliphatic rings. The van der Waals surface area contributed by atoms with Crippen molar-refractivity contribution in [1.29, 1.82) is 0 Å². The molecule has 1 heterocycles. The Morgan fingerprint density at radius 1 is 1.41 bits per heavy atom. The van der Waals surface area contributed by atoms with Gasteiger partial charge in [0.15, 0.2) is 6.61 Å². The number of rotatable bonds is 5. The van der Waals surface area contributed by atoms with Crippen LogP contribution < -0.4 is 10.2 Å². The van der Waals surface area contributed by atoms with Crippen molar-refractivity contribution in [3.63, 3.8) is 0 Å². The molecular formula is C15H14Br2N2O3. The maximum atomic E-state index is 11.8. The van der Waals surface area contributed by atoms with Crippen LogP contribution in [0.3, 0.4) is 0 Å². The third-order valence-corrected chi connectivity index (χ3v) is 3.81. The summed E-state index contributed by atoms with van der Waals surface area (Å²) in [5, 5.41) is 3.96. The number of aryl methyl sites for hydroxylation is 1. The number of nitrogens with one attached hydrogen (secondary N) is 1. The summed E-state index contributed by atoms with van der Waals surface area (Å²) in [6, 6.07) is 7.30. The number of amides is 1. The van der Waals surface area contributed by atoms with Gasteiger partial charge in [-0.25, -0.2) is 5.43 Å². The van der Waals surface area contributed by atoms with E-state index in [-0.39, 0.29) is 12.5 Å². The highest BCUT2D eigenvalue weighted by Gasteiger charge is 2.09. The molecule has 1 aromatic carbocycles. The summed E-state index contributed by atoms with van der Waals surface area (Å²) < 4.78 is 12.4. The lowest BCUT2D eigenvalue weighted by Crippen LogP contribution is -2.25. The van der Waals surface area contributed by atoms with Crippen molar-refractivity contribution < 1.29 is 13.9 Å². The fourth-order valence-electron chi connectivity index (χ4n) is 1.73. The van der Waals surface area contributed by atoms with Gasteiger partial charge in [-0.1, -0.05) is 15.9 Å². The Kier molecular flexibility index (Phi) is 5.79. The van der Waals surface area contributed by atoms with Crippen molar-refractivity contribution in [3.05, 3.63) is 50.8 Å². The van der Waals surface area contributed by atoms with Crippen LogP contribution in [0.25, 0.3) is 0 Å². The van der Waals surface area contributed by atoms with Gasteiger partial charge in [0.2, 0.25) is 0 Å². The van der Waals surface area contributed by atoms with E-state index >= 15 is 0 Å². The molecule has 0 saturated heterocycles. The molecule has 0 spiro atoms. The van der Waals surface area contributed by atoms with E-state index in [1.165, 1.54) is 0 Å². The summed E-state index contributed by atoms with van der Waals surface area (Å²) in [6.45, 7) is 3.52. The van der Waals surface area contributed by atoms with Crippen LogP contribution in [0, 0.1) is 6.92 Å². The average molecular weight is 430 g/mol. The number of hydrogen-bond acceptors (Lipinski definition) is 4. The minimum atomic E-state index is -0.347. The van der Waals surface area contributed by atoms with Crippen molar-refractivity contribution in [2.24, 2.45) is 5.10 Å². The summed E-state index contributed by atoms with van der Waals surface area (Å²) in [5.74, 6) is 0.887. The molecule has 22 heavy (non-hydrogen) atoms. The first kappa shape index (κ1) is 16.8. The molecule has 1 N–H and O–H groups in total. The van der Waals surface area contributed by atoms with Gasteiger partial charge in [0.25, 0.3) is 5.91 Å². The highest BCUT2D eigenvalue weighted by molar-refractivity contribution is 9.11. The third-order valence-electron chi connectivity index (χ3n) is 2.77. The zero-order valence-corrected chi connectivity index (χ0v) is 15.2. The Morgan fingerprint density at radius 2 is 2.18 bits per heavy atom. The molecule has 0 radical (unpaired) electrons. The van der Waals surface area contributed by atoms with Gasteiger partial charge >= 0.3 is 0 Å². The Balaban J connectivity index is 1.92. The van der Waals surface area contributed by atoms with E-state index in [9.17, 15) is 4.79 Å². The topological polar surface area (TPSA) is 63.8 Å². The maximum absolute atomic E-state index is 11.8. The molecular weight excluding hydrogens is 416 g/mol. The quantitative estimate of drug-likeness (QED) is 0.576. The second kappa shape index (κ2) is 7.60. The molecule has 0 aliphatic carbocycles. The Hall–Kier alpha value is -1.60. The smallest absolute Gasteiger partial charge is 0.277 e. The first-order valence-corrected chi connectivity index (χ1v) is 8.01. The van der Waals surface area contributed by atoms with Crippen LogP contribution in [0.4, 0.5) is 0 Å². The zero-order chi connectivity index (χ0) is 16.1. The fourth-order valence-corrected chi connectivity index (χ4v) is 3.28. The fraction of sp³-hybridized carbons (Fsp3) is 0.200. The van der Waals surface area contributed by atoms with Gasteiger partial charge in [0, 0.05) is 4.47 Å². The molecule has 0 fully saturated rings. The van der Waals surface area contributed by atoms with Crippen LogP contribution in [-0.2, 0) is 4.79 Å². The lowest BCUT2D eigenvalue weighted by atomic mass is 10.2. The highest BCUT2D eigenvalue weighted by Crippen LogP contribution is 2.32. The van der Waals surface area contributed by atoms with Crippen molar-refractivity contribution in [3.8, 4) is 5.75 Å². The lowest BCUT2D eigenvalue weighted by molar-refractivity contribution is -0.123. The minimum Gasteiger partial charge on any atom is -0.482 e. The summed E-state index contributed by atoms with van der Waals surface area (Å²) in [4.78, 5) is 11.8. The van der Waals surface area contributed by atoms with Gasteiger partial charge in [-0.15, -0.1) is 0 Å². The summed E-state index contributed by atoms with van der Waals surface area (Å²) in [6.07, 6.45) is 1.55. The molecule has 0 bridgehead atoms. The number of benzene rings is 1. The van der Waals surface area contributed by atoms with Crippen LogP contribution in [0.5, 0.6) is 5.75 Å². The highest BCUT2D eigenvalue weighted by atomic mass is 79.9. The lowest BCUT2D eigenvalue weighted by Gasteiger charge is -2.11. The summed E-state index contributed by atoms with van der Waals surface area (Å²) in [5.41, 5.74) is 3.93. The zero-order valence-electron chi connectivity index (χ0n) is 12.0. The van der Waals surface area contributed by atoms with Crippen LogP contribution >= 0.6 is 31.9 Å². The Bertz CT molecular complexity index is 674. The molecule has 0 atom stereocenters. The molecule has 0 saturated carbocycles. The van der Waals surface area contributed by atoms with Crippen LogP contribution in [-0.4, -0.2) is 18.2 Å². The maximum Gasteiger partial charge on any atom is 0.277 e. The van der Waals surface area contributed by atoms with Crippen LogP contribution in [0.2, 0.25) is 0 Å². The number of halogens is 2. The molecule has 2 rings (SSSR count). The first-order chi connectivity index (χ1) is 10.5. The van der Waals surface area contributed by atoms with Crippen LogP contribution in [0.15, 0.2) is 49.0 Å². The van der Waals surface area contributed by atoms with Gasteiger partial charge in [-0.05, 0) is 59.6 Å². The summed E-state index contributed by atoms with van der Waals surface area (Å²) >= 11 is 6.81. The molecule has 1 aromatic heterocycles. The van der Waals surface area contributed by atoms with E-state index in [2.05, 4.69) is 42.4 Å². The molecule has 2 aromatic rings. The molecule has 1 amide bonds. The van der Waals surface area contributed by atoms with Gasteiger partial charge in [-0.3, -0.25) is 4.79 Å². The van der Waals surface area contributed by atoms with Crippen molar-refractivity contribution >= 4 is 43.5 Å². The van der Waals surface area contributed by atoms with E-state index < -0.39 is 0 Å². The number of furan rings is 1. The van der Waals surface area contributed by atoms with E-state index in [1.54, 1.807) is 25.3 Å². The van der Waals surface area contributed by atoms with E-state index in [0.29, 0.717) is 17.2 Å². The molecule has 0 aliphatic heterocycles. The number of hydrazone groups is 1. The number of nitrogens with zero attached hydrogens (tertiary/aromatic N) is 1. The van der Waals surface area contributed by atoms with Crippen LogP contribution in [0.1, 0.15) is 18.2 Å². The average Bonchev–Trinajstić information content (AvgIpc) is 2.97. The van der Waals surface area contributed by atoms with Gasteiger partial charge in [-0.2, -0.15) is 5.10 Å². The largest absolute Gasteiger partial charge is 0.482 e. The van der Waals surface area contributed by atoms with E-state index in [1.807, 2.05) is 19.1 Å². The third kappa shape index (κ3) is 4.45. The number of ether oxygens (including phenoxy) is 1. The number of carbonyl (C=O) groups is 1. The summed E-state index contributed by atoms with van der Waals surface area (Å²) in [7, 11) is 0. The standard InChI is InChI=1S/C15H14Br2N2O3/c1-9-6-11(16)7-12(17)15(9)22-8-14(20)19-18-10(2)13-4-3-5-21-13/h3-7H,8H2,1-2H3,(H,19,20)/b18-10-. The van der Waals surface area contributed by atoms with Crippen molar-refractivity contribution in [1.82, 2.24) is 5.43 Å². The van der Waals surface area contributed by atoms with Gasteiger partial charge in [0.1, 0.15) is 17.2 Å². The first-order valence-electron chi connectivity index (χ1n) is 6.43. The molecule has 116 valence electrons. The monoisotopic (exact) mass is 428 g/mol. The number of hydrogen-bond donors (Lipinski definition) is 1. The normalized spacial score (nSPS) is 11.4. The molecule has 7 heteroatoms. The molecule has 0 unspecified atom stereocenters. The Labute approximate surface area is 145 Å². The SMILES string of the molecule is C/C(=N/NC(=O)COc1c(C)cc(Br)cc1Br)c1ccco1. The van der Waals surface area contributed by atoms with E-state index in [4.69, 9.17) is 9.15 Å². The minimum absolute atomic E-state index is 0.129.